The fourth-order valence-corrected chi connectivity index (χ4v) is 2.90. The molecule has 0 heterocycles. The normalized spacial score (nSPS) is 29.4. The van der Waals surface area contributed by atoms with Crippen LogP contribution in [0.1, 0.15) is 45.4 Å². The maximum Gasteiger partial charge on any atom is 0.315 e. The van der Waals surface area contributed by atoms with Gasteiger partial charge >= 0.3 is 12.0 Å². The van der Waals surface area contributed by atoms with Gasteiger partial charge in [0.15, 0.2) is 0 Å². The highest BCUT2D eigenvalue weighted by Crippen LogP contribution is 2.40. The van der Waals surface area contributed by atoms with Crippen LogP contribution in [0.5, 0.6) is 0 Å². The van der Waals surface area contributed by atoms with Gasteiger partial charge in [-0.15, -0.1) is 0 Å². The van der Waals surface area contributed by atoms with Gasteiger partial charge in [-0.1, -0.05) is 19.8 Å². The molecule has 5 nitrogen and oxygen atoms in total. The van der Waals surface area contributed by atoms with Crippen molar-refractivity contribution in [2.75, 3.05) is 6.54 Å². The summed E-state index contributed by atoms with van der Waals surface area (Å²) < 4.78 is 0. The van der Waals surface area contributed by atoms with E-state index in [0.717, 1.165) is 25.7 Å². The van der Waals surface area contributed by atoms with E-state index >= 15 is 0 Å². The molecule has 2 amide bonds. The van der Waals surface area contributed by atoms with E-state index < -0.39 is 11.4 Å². The zero-order chi connectivity index (χ0) is 13.2. The number of aliphatic carboxylic acids is 1. The highest BCUT2D eigenvalue weighted by Gasteiger charge is 2.44. The van der Waals surface area contributed by atoms with E-state index in [-0.39, 0.29) is 18.6 Å². The van der Waals surface area contributed by atoms with E-state index in [1.54, 1.807) is 0 Å². The number of carbonyl (C=O) groups excluding carboxylic acids is 1. The fourth-order valence-electron chi connectivity index (χ4n) is 2.90. The lowest BCUT2D eigenvalue weighted by molar-refractivity contribution is -0.153. The quantitative estimate of drug-likeness (QED) is 0.715. The molecule has 0 aromatic rings. The number of hydrogen-bond donors (Lipinski definition) is 3. The Morgan fingerprint density at radius 2 is 2.00 bits per heavy atom. The van der Waals surface area contributed by atoms with Crippen LogP contribution >= 0.6 is 0 Å². The van der Waals surface area contributed by atoms with Gasteiger partial charge in [0.05, 0.1) is 5.41 Å². The molecule has 2 unspecified atom stereocenters. The third-order valence-electron chi connectivity index (χ3n) is 4.53. The molecule has 0 aromatic carbocycles. The molecule has 2 aliphatic carbocycles. The van der Waals surface area contributed by atoms with Crippen molar-refractivity contribution < 1.29 is 14.7 Å². The summed E-state index contributed by atoms with van der Waals surface area (Å²) in [5, 5.41) is 14.8. The Balaban J connectivity index is 1.76. The summed E-state index contributed by atoms with van der Waals surface area (Å²) in [7, 11) is 0. The van der Waals surface area contributed by atoms with E-state index in [1.165, 1.54) is 0 Å². The third kappa shape index (κ3) is 2.60. The van der Waals surface area contributed by atoms with E-state index in [9.17, 15) is 9.59 Å². The number of urea groups is 1. The first kappa shape index (κ1) is 13.2. The molecule has 0 aromatic heterocycles. The molecule has 0 bridgehead atoms. The Bertz CT molecular complexity index is 339. The summed E-state index contributed by atoms with van der Waals surface area (Å²) in [5.74, 6) is -0.267. The molecule has 0 radical (unpaired) electrons. The average Bonchev–Trinajstić information content (AvgIpc) is 2.62. The van der Waals surface area contributed by atoms with Crippen LogP contribution < -0.4 is 10.6 Å². The minimum absolute atomic E-state index is 0.221. The van der Waals surface area contributed by atoms with Crippen molar-refractivity contribution in [3.63, 3.8) is 0 Å². The van der Waals surface area contributed by atoms with Crippen LogP contribution in [-0.4, -0.2) is 29.7 Å². The Morgan fingerprint density at radius 3 is 2.44 bits per heavy atom. The second kappa shape index (κ2) is 5.16. The minimum atomic E-state index is -0.789. The van der Waals surface area contributed by atoms with Gasteiger partial charge in [0.25, 0.3) is 0 Å². The maximum absolute atomic E-state index is 11.7. The summed E-state index contributed by atoms with van der Waals surface area (Å²) in [6.45, 7) is 2.39. The van der Waals surface area contributed by atoms with Crippen molar-refractivity contribution in [2.24, 2.45) is 11.3 Å². The topological polar surface area (TPSA) is 78.4 Å². The van der Waals surface area contributed by atoms with Crippen LogP contribution in [0.25, 0.3) is 0 Å². The van der Waals surface area contributed by atoms with Crippen LogP contribution in [0.2, 0.25) is 0 Å². The molecule has 2 fully saturated rings. The highest BCUT2D eigenvalue weighted by molar-refractivity contribution is 5.79. The SMILES string of the molecule is CC1CCCC1NC(=O)NCC1(C(=O)O)CCC1. The first-order chi connectivity index (χ1) is 8.53. The third-order valence-corrected chi connectivity index (χ3v) is 4.53. The predicted octanol–water partition coefficient (Wildman–Crippen LogP) is 1.73. The standard InChI is InChI=1S/C13H22N2O3/c1-9-4-2-5-10(9)15-12(18)14-8-13(11(16)17)6-3-7-13/h9-10H,2-8H2,1H3,(H,16,17)(H2,14,15,18). The number of rotatable bonds is 4. The summed E-state index contributed by atoms with van der Waals surface area (Å²) in [4.78, 5) is 22.9. The van der Waals surface area contributed by atoms with Crippen molar-refractivity contribution in [3.8, 4) is 0 Å². The summed E-state index contributed by atoms with van der Waals surface area (Å²) in [6.07, 6.45) is 5.62. The number of carboxylic acids is 1. The van der Waals surface area contributed by atoms with Gasteiger partial charge in [0.2, 0.25) is 0 Å². The Hall–Kier alpha value is -1.26. The molecule has 2 rings (SSSR count). The number of nitrogens with one attached hydrogen (secondary N) is 2. The Labute approximate surface area is 107 Å². The van der Waals surface area contributed by atoms with Crippen LogP contribution in [0, 0.1) is 11.3 Å². The lowest BCUT2D eigenvalue weighted by Gasteiger charge is -2.37. The van der Waals surface area contributed by atoms with Gasteiger partial charge in [-0.2, -0.15) is 0 Å². The van der Waals surface area contributed by atoms with Crippen LogP contribution in [0.3, 0.4) is 0 Å². The van der Waals surface area contributed by atoms with Gasteiger partial charge in [-0.3, -0.25) is 4.79 Å². The van der Waals surface area contributed by atoms with Crippen LogP contribution in [0.15, 0.2) is 0 Å². The van der Waals surface area contributed by atoms with Crippen molar-refractivity contribution >= 4 is 12.0 Å². The molecule has 5 heteroatoms. The lowest BCUT2D eigenvalue weighted by Crippen LogP contribution is -2.51. The highest BCUT2D eigenvalue weighted by atomic mass is 16.4. The second-order valence-electron chi connectivity index (χ2n) is 5.78. The van der Waals surface area contributed by atoms with Gasteiger partial charge in [0.1, 0.15) is 0 Å². The van der Waals surface area contributed by atoms with Gasteiger partial charge in [0, 0.05) is 12.6 Å². The van der Waals surface area contributed by atoms with Crippen molar-refractivity contribution in [2.45, 2.75) is 51.5 Å². The van der Waals surface area contributed by atoms with Crippen LogP contribution in [0.4, 0.5) is 4.79 Å². The number of amides is 2. The van der Waals surface area contributed by atoms with Crippen LogP contribution in [-0.2, 0) is 4.79 Å². The van der Waals surface area contributed by atoms with E-state index in [0.29, 0.717) is 18.8 Å². The van der Waals surface area contributed by atoms with Gasteiger partial charge in [-0.05, 0) is 31.6 Å². The largest absolute Gasteiger partial charge is 0.481 e. The number of hydrogen-bond acceptors (Lipinski definition) is 2. The van der Waals surface area contributed by atoms with Crippen molar-refractivity contribution in [1.82, 2.24) is 10.6 Å². The van der Waals surface area contributed by atoms with Crippen molar-refractivity contribution in [3.05, 3.63) is 0 Å². The Kier molecular flexibility index (Phi) is 3.78. The molecule has 18 heavy (non-hydrogen) atoms. The average molecular weight is 254 g/mol. The molecular formula is C13H22N2O3. The Morgan fingerprint density at radius 1 is 1.28 bits per heavy atom. The molecule has 2 aliphatic rings. The molecule has 2 atom stereocenters. The maximum atomic E-state index is 11.7. The zero-order valence-electron chi connectivity index (χ0n) is 10.9. The fraction of sp³-hybridized carbons (Fsp3) is 0.846. The first-order valence-electron chi connectivity index (χ1n) is 6.81. The molecule has 0 spiro atoms. The summed E-state index contributed by atoms with van der Waals surface area (Å²) >= 11 is 0. The molecule has 102 valence electrons. The number of carboxylic acid groups (broad SMARTS) is 1. The molecular weight excluding hydrogens is 232 g/mol. The van der Waals surface area contributed by atoms with E-state index in [4.69, 9.17) is 5.11 Å². The number of carbonyl (C=O) groups is 2. The smallest absolute Gasteiger partial charge is 0.315 e. The van der Waals surface area contributed by atoms with Gasteiger partial charge in [-0.25, -0.2) is 4.79 Å². The summed E-state index contributed by atoms with van der Waals surface area (Å²) in [5.41, 5.74) is -0.710. The van der Waals surface area contributed by atoms with Crippen molar-refractivity contribution in [1.29, 1.82) is 0 Å². The monoisotopic (exact) mass is 254 g/mol. The van der Waals surface area contributed by atoms with E-state index in [2.05, 4.69) is 17.6 Å². The molecule has 3 N–H and O–H groups in total. The zero-order valence-corrected chi connectivity index (χ0v) is 10.9. The molecule has 2 saturated carbocycles. The summed E-state index contributed by atoms with van der Waals surface area (Å²) in [6, 6.07) is 0.0217. The first-order valence-corrected chi connectivity index (χ1v) is 6.81. The lowest BCUT2D eigenvalue weighted by atomic mass is 9.69. The second-order valence-corrected chi connectivity index (χ2v) is 5.78. The predicted molar refractivity (Wildman–Crippen MR) is 67.3 cm³/mol. The van der Waals surface area contributed by atoms with E-state index in [1.807, 2.05) is 0 Å². The molecule has 0 aliphatic heterocycles. The molecule has 0 saturated heterocycles. The van der Waals surface area contributed by atoms with Gasteiger partial charge < -0.3 is 15.7 Å². The minimum Gasteiger partial charge on any atom is -0.481 e.